The zero-order valence-corrected chi connectivity index (χ0v) is 12.8. The van der Waals surface area contributed by atoms with Crippen LogP contribution >= 0.6 is 0 Å². The summed E-state index contributed by atoms with van der Waals surface area (Å²) in [4.78, 5) is 7.00. The average Bonchev–Trinajstić information content (AvgIpc) is 3.06. The van der Waals surface area contributed by atoms with Crippen molar-refractivity contribution in [2.75, 3.05) is 6.54 Å². The van der Waals surface area contributed by atoms with Crippen molar-refractivity contribution in [3.63, 3.8) is 0 Å². The van der Waals surface area contributed by atoms with Crippen molar-refractivity contribution >= 4 is 0 Å². The molecule has 5 heteroatoms. The van der Waals surface area contributed by atoms with Gasteiger partial charge in [-0.1, -0.05) is 0 Å². The predicted octanol–water partition coefficient (Wildman–Crippen LogP) is 2.11. The van der Waals surface area contributed by atoms with Gasteiger partial charge >= 0.3 is 0 Å². The zero-order valence-electron chi connectivity index (χ0n) is 12.8. The van der Waals surface area contributed by atoms with Crippen molar-refractivity contribution in [3.05, 3.63) is 35.2 Å². The van der Waals surface area contributed by atoms with E-state index >= 15 is 0 Å². The van der Waals surface area contributed by atoms with Crippen LogP contribution in [0.2, 0.25) is 0 Å². The van der Waals surface area contributed by atoms with E-state index in [1.54, 1.807) is 0 Å². The molecule has 20 heavy (non-hydrogen) atoms. The molecular formula is C15H23N5. The number of aryl methyl sites for hydroxylation is 3. The molecule has 1 atom stereocenters. The maximum atomic E-state index is 4.57. The molecule has 0 amide bonds. The Balaban J connectivity index is 1.87. The quantitative estimate of drug-likeness (QED) is 0.859. The Hall–Kier alpha value is -1.62. The van der Waals surface area contributed by atoms with Crippen molar-refractivity contribution in [3.8, 4) is 0 Å². The van der Waals surface area contributed by atoms with Gasteiger partial charge in [0.15, 0.2) is 0 Å². The molecule has 5 nitrogen and oxygen atoms in total. The summed E-state index contributed by atoms with van der Waals surface area (Å²) < 4.78 is 4.11. The summed E-state index contributed by atoms with van der Waals surface area (Å²) >= 11 is 0. The molecule has 2 aromatic rings. The van der Waals surface area contributed by atoms with Gasteiger partial charge in [0.1, 0.15) is 5.82 Å². The molecule has 3 rings (SSSR count). The third-order valence-electron chi connectivity index (χ3n) is 4.53. The van der Waals surface area contributed by atoms with E-state index < -0.39 is 0 Å². The monoisotopic (exact) mass is 273 g/mol. The molecule has 1 aliphatic rings. The second kappa shape index (κ2) is 5.05. The van der Waals surface area contributed by atoms with Gasteiger partial charge in [-0.15, -0.1) is 0 Å². The highest BCUT2D eigenvalue weighted by molar-refractivity contribution is 5.29. The lowest BCUT2D eigenvalue weighted by Crippen LogP contribution is -2.25. The number of aromatic nitrogens is 4. The topological polar surface area (TPSA) is 38.9 Å². The normalized spacial score (nSPS) is 19.9. The molecule has 0 unspecified atom stereocenters. The first-order valence-electron chi connectivity index (χ1n) is 7.28. The molecule has 0 N–H and O–H groups in total. The van der Waals surface area contributed by atoms with Crippen molar-refractivity contribution in [2.24, 2.45) is 14.1 Å². The lowest BCUT2D eigenvalue weighted by Gasteiger charge is -2.24. The Morgan fingerprint density at radius 2 is 2.10 bits per heavy atom. The summed E-state index contributed by atoms with van der Waals surface area (Å²) in [5.74, 6) is 1.14. The van der Waals surface area contributed by atoms with E-state index in [2.05, 4.69) is 40.4 Å². The summed E-state index contributed by atoms with van der Waals surface area (Å²) in [7, 11) is 4.10. The minimum atomic E-state index is 0.486. The van der Waals surface area contributed by atoms with Gasteiger partial charge in [-0.25, -0.2) is 4.98 Å². The van der Waals surface area contributed by atoms with E-state index in [1.165, 1.54) is 29.8 Å². The molecule has 1 saturated heterocycles. The van der Waals surface area contributed by atoms with Crippen LogP contribution in [0, 0.1) is 13.8 Å². The van der Waals surface area contributed by atoms with Gasteiger partial charge in [0.2, 0.25) is 0 Å². The van der Waals surface area contributed by atoms with Crippen molar-refractivity contribution in [2.45, 2.75) is 39.3 Å². The molecule has 0 aliphatic carbocycles. The molecule has 2 aromatic heterocycles. The van der Waals surface area contributed by atoms with Gasteiger partial charge in [-0.05, 0) is 33.2 Å². The molecule has 0 aromatic carbocycles. The van der Waals surface area contributed by atoms with Gasteiger partial charge in [0, 0.05) is 43.8 Å². The highest BCUT2D eigenvalue weighted by Crippen LogP contribution is 2.36. The molecule has 0 bridgehead atoms. The number of nitrogens with zero attached hydrogens (tertiary/aromatic N) is 5. The second-order valence-electron chi connectivity index (χ2n) is 5.79. The third-order valence-corrected chi connectivity index (χ3v) is 4.53. The molecule has 108 valence electrons. The number of hydrogen-bond acceptors (Lipinski definition) is 3. The van der Waals surface area contributed by atoms with Crippen LogP contribution in [-0.2, 0) is 20.6 Å². The largest absolute Gasteiger partial charge is 0.337 e. The van der Waals surface area contributed by atoms with E-state index in [4.69, 9.17) is 0 Å². The van der Waals surface area contributed by atoms with Crippen LogP contribution in [0.4, 0.5) is 0 Å². The number of likely N-dealkylation sites (tertiary alicyclic amines) is 1. The lowest BCUT2D eigenvalue weighted by molar-refractivity contribution is 0.238. The van der Waals surface area contributed by atoms with Crippen LogP contribution in [0.1, 0.15) is 41.7 Å². The van der Waals surface area contributed by atoms with E-state index in [1.807, 2.05) is 24.1 Å². The fraction of sp³-hybridized carbons (Fsp3) is 0.600. The molecule has 1 fully saturated rings. The summed E-state index contributed by atoms with van der Waals surface area (Å²) in [6.07, 6.45) is 6.36. The Morgan fingerprint density at radius 3 is 2.70 bits per heavy atom. The first-order chi connectivity index (χ1) is 9.58. The molecule has 0 saturated carbocycles. The van der Waals surface area contributed by atoms with Gasteiger partial charge in [0.25, 0.3) is 0 Å². The van der Waals surface area contributed by atoms with Gasteiger partial charge in [-0.3, -0.25) is 9.58 Å². The molecule has 0 radical (unpaired) electrons. The maximum absolute atomic E-state index is 4.57. The Morgan fingerprint density at radius 1 is 1.30 bits per heavy atom. The fourth-order valence-electron chi connectivity index (χ4n) is 3.35. The lowest BCUT2D eigenvalue weighted by atomic mass is 10.0. The van der Waals surface area contributed by atoms with Crippen molar-refractivity contribution < 1.29 is 0 Å². The number of imidazole rings is 1. The van der Waals surface area contributed by atoms with Crippen LogP contribution in [0.5, 0.6) is 0 Å². The summed E-state index contributed by atoms with van der Waals surface area (Å²) in [5.41, 5.74) is 3.88. The maximum Gasteiger partial charge on any atom is 0.122 e. The van der Waals surface area contributed by atoms with E-state index in [9.17, 15) is 0 Å². The van der Waals surface area contributed by atoms with Gasteiger partial charge < -0.3 is 4.57 Å². The molecular weight excluding hydrogens is 250 g/mol. The molecule has 3 heterocycles. The number of hydrogen-bond donors (Lipinski definition) is 0. The van der Waals surface area contributed by atoms with Crippen LogP contribution in [-0.4, -0.2) is 30.8 Å². The highest BCUT2D eigenvalue weighted by Gasteiger charge is 2.30. The zero-order chi connectivity index (χ0) is 14.3. The summed E-state index contributed by atoms with van der Waals surface area (Å²) in [6, 6.07) is 0.486. The Kier molecular flexibility index (Phi) is 3.38. The van der Waals surface area contributed by atoms with Crippen LogP contribution < -0.4 is 0 Å². The summed E-state index contributed by atoms with van der Waals surface area (Å²) in [5, 5.41) is 4.57. The Bertz CT molecular complexity index is 610. The molecule has 0 spiro atoms. The number of rotatable bonds is 3. The summed E-state index contributed by atoms with van der Waals surface area (Å²) in [6.45, 7) is 6.36. The SMILES string of the molecule is Cc1nn(C)c(C)c1[C@@H]1CCCN1Cc1nccn1C. The van der Waals surface area contributed by atoms with E-state index in [0.717, 1.165) is 18.9 Å². The first kappa shape index (κ1) is 13.4. The Labute approximate surface area is 120 Å². The highest BCUT2D eigenvalue weighted by atomic mass is 15.3. The molecule has 1 aliphatic heterocycles. The smallest absolute Gasteiger partial charge is 0.122 e. The van der Waals surface area contributed by atoms with Crippen molar-refractivity contribution in [1.82, 2.24) is 24.2 Å². The van der Waals surface area contributed by atoms with E-state index in [0.29, 0.717) is 6.04 Å². The van der Waals surface area contributed by atoms with Crippen molar-refractivity contribution in [1.29, 1.82) is 0 Å². The van der Waals surface area contributed by atoms with Gasteiger partial charge in [0.05, 0.1) is 12.2 Å². The minimum absolute atomic E-state index is 0.486. The van der Waals surface area contributed by atoms with Crippen LogP contribution in [0.3, 0.4) is 0 Å². The first-order valence-corrected chi connectivity index (χ1v) is 7.28. The van der Waals surface area contributed by atoms with Gasteiger partial charge in [-0.2, -0.15) is 5.10 Å². The fourth-order valence-corrected chi connectivity index (χ4v) is 3.35. The average molecular weight is 273 g/mol. The van der Waals surface area contributed by atoms with Crippen LogP contribution in [0.15, 0.2) is 12.4 Å². The third kappa shape index (κ3) is 2.16. The minimum Gasteiger partial charge on any atom is -0.337 e. The van der Waals surface area contributed by atoms with E-state index in [-0.39, 0.29) is 0 Å². The standard InChI is InChI=1S/C15H23N5/c1-11-15(12(2)19(4)17-11)13-6-5-8-20(13)10-14-16-7-9-18(14)3/h7,9,13H,5-6,8,10H2,1-4H3/t13-/m0/s1. The van der Waals surface area contributed by atoms with Crippen LogP contribution in [0.25, 0.3) is 0 Å². The predicted molar refractivity (Wildman–Crippen MR) is 78.3 cm³/mol. The second-order valence-corrected chi connectivity index (χ2v) is 5.79.